The summed E-state index contributed by atoms with van der Waals surface area (Å²) in [5, 5.41) is 2.57. The Balaban J connectivity index is 2.23. The average Bonchev–Trinajstić information content (AvgIpc) is 3.10. The molecule has 0 aliphatic heterocycles. The molecule has 1 aliphatic carbocycles. The molecule has 4 nitrogen and oxygen atoms in total. The van der Waals surface area contributed by atoms with Gasteiger partial charge in [0.25, 0.3) is 15.0 Å². The molecule has 1 fully saturated rings. The molecule has 1 aromatic carbocycles. The Hall–Kier alpha value is -1.21. The highest BCUT2D eigenvalue weighted by molar-refractivity contribution is 8.13. The van der Waals surface area contributed by atoms with Gasteiger partial charge in [-0.1, -0.05) is 12.8 Å². The Morgan fingerprint density at radius 1 is 1.38 bits per heavy atom. The lowest BCUT2D eigenvalue weighted by atomic mass is 10.1. The molecule has 0 heterocycles. The quantitative estimate of drug-likeness (QED) is 0.840. The van der Waals surface area contributed by atoms with Crippen LogP contribution in [0.25, 0.3) is 0 Å². The summed E-state index contributed by atoms with van der Waals surface area (Å²) in [5.41, 5.74) is -0.543. The highest BCUT2D eigenvalue weighted by Gasteiger charge is 2.26. The van der Waals surface area contributed by atoms with E-state index in [1.807, 2.05) is 0 Å². The van der Waals surface area contributed by atoms with Crippen LogP contribution in [-0.2, 0) is 9.05 Å². The van der Waals surface area contributed by atoms with Crippen LogP contribution in [0, 0.1) is 17.6 Å². The second kappa shape index (κ2) is 5.88. The summed E-state index contributed by atoms with van der Waals surface area (Å²) < 4.78 is 49.4. The van der Waals surface area contributed by atoms with Gasteiger partial charge in [-0.05, 0) is 25.3 Å². The second-order valence-corrected chi connectivity index (χ2v) is 7.79. The maximum atomic E-state index is 13.7. The first-order valence-electron chi connectivity index (χ1n) is 6.43. The first-order chi connectivity index (χ1) is 9.68. The SMILES string of the molecule is CC(CC1CC1)NC(=O)c1cc(S(=O)(=O)Cl)c(F)cc1F. The molecule has 0 spiro atoms. The summed E-state index contributed by atoms with van der Waals surface area (Å²) in [4.78, 5) is 11.0. The van der Waals surface area contributed by atoms with Gasteiger partial charge in [-0.25, -0.2) is 17.2 Å². The fourth-order valence-corrected chi connectivity index (χ4v) is 3.01. The third-order valence-electron chi connectivity index (χ3n) is 3.29. The summed E-state index contributed by atoms with van der Waals surface area (Å²) in [5.74, 6) is -2.68. The molecule has 116 valence electrons. The molecule has 1 amide bonds. The lowest BCUT2D eigenvalue weighted by Crippen LogP contribution is -2.33. The van der Waals surface area contributed by atoms with Crippen LogP contribution in [0.1, 0.15) is 36.5 Å². The van der Waals surface area contributed by atoms with Crippen LogP contribution in [0.4, 0.5) is 8.78 Å². The molecular formula is C13H14ClF2NO3S. The van der Waals surface area contributed by atoms with E-state index in [1.165, 1.54) is 0 Å². The minimum Gasteiger partial charge on any atom is -0.349 e. The monoisotopic (exact) mass is 337 g/mol. The van der Waals surface area contributed by atoms with E-state index in [4.69, 9.17) is 10.7 Å². The van der Waals surface area contributed by atoms with Gasteiger partial charge in [0.1, 0.15) is 16.5 Å². The van der Waals surface area contributed by atoms with Crippen LogP contribution in [0.3, 0.4) is 0 Å². The van der Waals surface area contributed by atoms with E-state index in [1.54, 1.807) is 6.92 Å². The van der Waals surface area contributed by atoms with E-state index < -0.39 is 37.1 Å². The summed E-state index contributed by atoms with van der Waals surface area (Å²) >= 11 is 0. The Morgan fingerprint density at radius 3 is 2.52 bits per heavy atom. The van der Waals surface area contributed by atoms with Crippen LogP contribution in [0.2, 0.25) is 0 Å². The maximum absolute atomic E-state index is 13.7. The summed E-state index contributed by atoms with van der Waals surface area (Å²) in [6, 6.07) is 0.785. The van der Waals surface area contributed by atoms with Gasteiger partial charge in [0, 0.05) is 22.8 Å². The molecule has 1 atom stereocenters. The van der Waals surface area contributed by atoms with Crippen molar-refractivity contribution in [3.8, 4) is 0 Å². The van der Waals surface area contributed by atoms with Gasteiger partial charge in [-0.15, -0.1) is 0 Å². The number of hydrogen-bond acceptors (Lipinski definition) is 3. The highest BCUT2D eigenvalue weighted by Crippen LogP contribution is 2.33. The normalized spacial score (nSPS) is 16.6. The Morgan fingerprint density at radius 2 is 2.00 bits per heavy atom. The van der Waals surface area contributed by atoms with Crippen molar-refractivity contribution in [1.29, 1.82) is 0 Å². The Kier molecular flexibility index (Phi) is 4.53. The molecule has 0 bridgehead atoms. The summed E-state index contributed by atoms with van der Waals surface area (Å²) in [6.07, 6.45) is 2.99. The lowest BCUT2D eigenvalue weighted by Gasteiger charge is -2.14. The van der Waals surface area contributed by atoms with E-state index in [-0.39, 0.29) is 6.04 Å². The predicted octanol–water partition coefficient (Wildman–Crippen LogP) is 2.81. The number of nitrogens with one attached hydrogen (secondary N) is 1. The van der Waals surface area contributed by atoms with Crippen molar-refractivity contribution in [2.45, 2.75) is 37.1 Å². The third kappa shape index (κ3) is 4.14. The van der Waals surface area contributed by atoms with E-state index in [0.29, 0.717) is 18.1 Å². The zero-order valence-electron chi connectivity index (χ0n) is 11.2. The van der Waals surface area contributed by atoms with Crippen molar-refractivity contribution in [3.05, 3.63) is 29.3 Å². The molecule has 1 N–H and O–H groups in total. The van der Waals surface area contributed by atoms with E-state index >= 15 is 0 Å². The number of halogens is 3. The lowest BCUT2D eigenvalue weighted by molar-refractivity contribution is 0.0933. The van der Waals surface area contributed by atoms with Gasteiger partial charge >= 0.3 is 0 Å². The molecule has 21 heavy (non-hydrogen) atoms. The number of hydrogen-bond donors (Lipinski definition) is 1. The molecule has 0 radical (unpaired) electrons. The fourth-order valence-electron chi connectivity index (χ4n) is 2.10. The van der Waals surface area contributed by atoms with Gasteiger partial charge in [0.2, 0.25) is 0 Å². The van der Waals surface area contributed by atoms with Crippen LogP contribution >= 0.6 is 10.7 Å². The van der Waals surface area contributed by atoms with Crippen LogP contribution in [0.15, 0.2) is 17.0 Å². The molecule has 1 saturated carbocycles. The summed E-state index contributed by atoms with van der Waals surface area (Å²) in [7, 11) is 0.661. The minimum atomic E-state index is -4.39. The van der Waals surface area contributed by atoms with Crippen LogP contribution in [0.5, 0.6) is 0 Å². The number of carbonyl (C=O) groups is 1. The van der Waals surface area contributed by atoms with E-state index in [0.717, 1.165) is 19.3 Å². The second-order valence-electron chi connectivity index (χ2n) is 5.25. The van der Waals surface area contributed by atoms with Crippen molar-refractivity contribution >= 4 is 25.6 Å². The topological polar surface area (TPSA) is 63.2 Å². The first kappa shape index (κ1) is 16.2. The van der Waals surface area contributed by atoms with Crippen molar-refractivity contribution in [1.82, 2.24) is 5.32 Å². The molecule has 0 aromatic heterocycles. The van der Waals surface area contributed by atoms with Gasteiger partial charge in [-0.3, -0.25) is 4.79 Å². The molecule has 1 aliphatic rings. The predicted molar refractivity (Wildman–Crippen MR) is 73.7 cm³/mol. The largest absolute Gasteiger partial charge is 0.349 e. The number of benzene rings is 1. The highest BCUT2D eigenvalue weighted by atomic mass is 35.7. The van der Waals surface area contributed by atoms with Gasteiger partial charge in [0.05, 0.1) is 5.56 Å². The number of carbonyl (C=O) groups excluding carboxylic acids is 1. The molecular weight excluding hydrogens is 324 g/mol. The molecule has 0 saturated heterocycles. The fraction of sp³-hybridized carbons (Fsp3) is 0.462. The maximum Gasteiger partial charge on any atom is 0.264 e. The van der Waals surface area contributed by atoms with Gasteiger partial charge in [-0.2, -0.15) is 0 Å². The molecule has 8 heteroatoms. The van der Waals surface area contributed by atoms with Gasteiger partial charge < -0.3 is 5.32 Å². The minimum absolute atomic E-state index is 0.175. The van der Waals surface area contributed by atoms with Crippen LogP contribution in [-0.4, -0.2) is 20.4 Å². The molecule has 1 unspecified atom stereocenters. The number of amides is 1. The molecule has 2 rings (SSSR count). The first-order valence-corrected chi connectivity index (χ1v) is 8.74. The van der Waals surface area contributed by atoms with Crippen molar-refractivity contribution in [3.63, 3.8) is 0 Å². The van der Waals surface area contributed by atoms with Crippen molar-refractivity contribution in [2.75, 3.05) is 0 Å². The van der Waals surface area contributed by atoms with E-state index in [9.17, 15) is 22.0 Å². The standard InChI is InChI=1S/C13H14ClF2NO3S/c1-7(4-8-2-3-8)17-13(18)9-5-12(21(14,19)20)11(16)6-10(9)15/h5-8H,2-4H2,1H3,(H,17,18). The smallest absolute Gasteiger partial charge is 0.264 e. The van der Waals surface area contributed by atoms with E-state index in [2.05, 4.69) is 5.32 Å². The van der Waals surface area contributed by atoms with Crippen molar-refractivity contribution < 1.29 is 22.0 Å². The van der Waals surface area contributed by atoms with Gasteiger partial charge in [0.15, 0.2) is 0 Å². The Labute approximate surface area is 125 Å². The van der Waals surface area contributed by atoms with Crippen LogP contribution < -0.4 is 5.32 Å². The Bertz CT molecular complexity index is 674. The third-order valence-corrected chi connectivity index (χ3v) is 4.63. The average molecular weight is 338 g/mol. The van der Waals surface area contributed by atoms with Crippen molar-refractivity contribution in [2.24, 2.45) is 5.92 Å². The molecule has 1 aromatic rings. The number of rotatable bonds is 5. The zero-order valence-corrected chi connectivity index (χ0v) is 12.8. The zero-order chi connectivity index (χ0) is 15.8. The summed E-state index contributed by atoms with van der Waals surface area (Å²) in [6.45, 7) is 1.77.